The normalized spacial score (nSPS) is 10.0. The fourth-order valence-electron chi connectivity index (χ4n) is 1.57. The van der Waals surface area contributed by atoms with Crippen LogP contribution >= 0.6 is 23.4 Å². The summed E-state index contributed by atoms with van der Waals surface area (Å²) in [6, 6.07) is 6.25. The number of thioether (sulfide) groups is 1. The van der Waals surface area contributed by atoms with Crippen molar-refractivity contribution in [3.05, 3.63) is 28.3 Å². The minimum atomic E-state index is 0.453. The van der Waals surface area contributed by atoms with Crippen LogP contribution in [-0.2, 0) is 12.8 Å². The molecule has 0 atom stereocenters. The predicted octanol–water partition coefficient (Wildman–Crippen LogP) is 4.08. The van der Waals surface area contributed by atoms with Gasteiger partial charge in [0, 0.05) is 4.90 Å². The lowest BCUT2D eigenvalue weighted by Crippen LogP contribution is -1.93. The Bertz CT molecular complexity index is 382. The molecule has 80 valence electrons. The Morgan fingerprint density at radius 3 is 2.60 bits per heavy atom. The van der Waals surface area contributed by atoms with Gasteiger partial charge in [0.1, 0.15) is 0 Å². The van der Waals surface area contributed by atoms with Gasteiger partial charge in [0.25, 0.3) is 0 Å². The third-order valence-electron chi connectivity index (χ3n) is 2.33. The fourth-order valence-corrected chi connectivity index (χ4v) is 2.69. The number of benzene rings is 1. The maximum absolute atomic E-state index is 8.53. The van der Waals surface area contributed by atoms with Crippen LogP contribution in [0.15, 0.2) is 17.0 Å². The first kappa shape index (κ1) is 12.4. The minimum Gasteiger partial charge on any atom is -0.197 e. The molecule has 0 aliphatic heterocycles. The van der Waals surface area contributed by atoms with Gasteiger partial charge in [0.15, 0.2) is 0 Å². The topological polar surface area (TPSA) is 23.8 Å². The molecule has 0 heterocycles. The zero-order valence-corrected chi connectivity index (χ0v) is 10.6. The lowest BCUT2D eigenvalue weighted by Gasteiger charge is -2.11. The molecule has 0 aromatic heterocycles. The SMILES string of the molecule is CCc1ccc(SCC#N)c(Cl)c1CC. The smallest absolute Gasteiger partial charge is 0.0855 e. The van der Waals surface area contributed by atoms with Crippen LogP contribution in [0, 0.1) is 11.3 Å². The Labute approximate surface area is 100 Å². The highest BCUT2D eigenvalue weighted by Crippen LogP contribution is 2.32. The van der Waals surface area contributed by atoms with Crippen molar-refractivity contribution in [2.24, 2.45) is 0 Å². The monoisotopic (exact) mass is 239 g/mol. The molecule has 0 aliphatic carbocycles. The molecule has 15 heavy (non-hydrogen) atoms. The highest BCUT2D eigenvalue weighted by molar-refractivity contribution is 7.99. The van der Waals surface area contributed by atoms with Crippen LogP contribution in [0.25, 0.3) is 0 Å². The van der Waals surface area contributed by atoms with Crippen molar-refractivity contribution in [1.82, 2.24) is 0 Å². The van der Waals surface area contributed by atoms with Crippen LogP contribution in [0.5, 0.6) is 0 Å². The molecule has 0 radical (unpaired) electrons. The summed E-state index contributed by atoms with van der Waals surface area (Å²) in [4.78, 5) is 1.02. The number of hydrogen-bond donors (Lipinski definition) is 0. The molecule has 0 fully saturated rings. The van der Waals surface area contributed by atoms with Crippen molar-refractivity contribution >= 4 is 23.4 Å². The van der Waals surface area contributed by atoms with E-state index in [0.29, 0.717) is 5.75 Å². The number of nitriles is 1. The van der Waals surface area contributed by atoms with E-state index in [-0.39, 0.29) is 0 Å². The van der Waals surface area contributed by atoms with Gasteiger partial charge in [0.2, 0.25) is 0 Å². The molecule has 0 aliphatic rings. The van der Waals surface area contributed by atoms with Crippen molar-refractivity contribution < 1.29 is 0 Å². The average molecular weight is 240 g/mol. The second-order valence-electron chi connectivity index (χ2n) is 3.17. The van der Waals surface area contributed by atoms with E-state index < -0.39 is 0 Å². The molecule has 0 N–H and O–H groups in total. The zero-order valence-electron chi connectivity index (χ0n) is 9.01. The molecule has 3 heteroatoms. The molecule has 0 amide bonds. The van der Waals surface area contributed by atoms with Gasteiger partial charge in [-0.2, -0.15) is 5.26 Å². The van der Waals surface area contributed by atoms with Crippen LogP contribution in [0.2, 0.25) is 5.02 Å². The summed E-state index contributed by atoms with van der Waals surface area (Å²) in [7, 11) is 0. The highest BCUT2D eigenvalue weighted by Gasteiger charge is 2.09. The van der Waals surface area contributed by atoms with E-state index >= 15 is 0 Å². The summed E-state index contributed by atoms with van der Waals surface area (Å²) in [6.45, 7) is 4.24. The second-order valence-corrected chi connectivity index (χ2v) is 4.56. The van der Waals surface area contributed by atoms with Crippen molar-refractivity contribution in [2.45, 2.75) is 31.6 Å². The van der Waals surface area contributed by atoms with E-state index in [1.54, 1.807) is 0 Å². The van der Waals surface area contributed by atoms with Crippen LogP contribution < -0.4 is 0 Å². The first-order valence-electron chi connectivity index (χ1n) is 5.04. The fraction of sp³-hybridized carbons (Fsp3) is 0.417. The van der Waals surface area contributed by atoms with E-state index in [0.717, 1.165) is 22.8 Å². The largest absolute Gasteiger partial charge is 0.197 e. The maximum Gasteiger partial charge on any atom is 0.0855 e. The lowest BCUT2D eigenvalue weighted by molar-refractivity contribution is 1.02. The van der Waals surface area contributed by atoms with Crippen LogP contribution in [0.1, 0.15) is 25.0 Å². The summed E-state index contributed by atoms with van der Waals surface area (Å²) in [5, 5.41) is 9.36. The predicted molar refractivity (Wildman–Crippen MR) is 66.5 cm³/mol. The van der Waals surface area contributed by atoms with Gasteiger partial charge in [0.05, 0.1) is 16.8 Å². The summed E-state index contributed by atoms with van der Waals surface area (Å²) in [5.41, 5.74) is 2.53. The van der Waals surface area contributed by atoms with Crippen molar-refractivity contribution in [1.29, 1.82) is 5.26 Å². The van der Waals surface area contributed by atoms with Gasteiger partial charge in [-0.05, 0) is 30.0 Å². The van der Waals surface area contributed by atoms with Gasteiger partial charge in [-0.25, -0.2) is 0 Å². The van der Waals surface area contributed by atoms with E-state index in [2.05, 4.69) is 26.0 Å². The Morgan fingerprint density at radius 2 is 2.07 bits per heavy atom. The summed E-state index contributed by atoms with van der Waals surface area (Å²) < 4.78 is 0. The highest BCUT2D eigenvalue weighted by atomic mass is 35.5. The van der Waals surface area contributed by atoms with Crippen LogP contribution in [0.4, 0.5) is 0 Å². The van der Waals surface area contributed by atoms with E-state index in [1.807, 2.05) is 6.07 Å². The van der Waals surface area contributed by atoms with Gasteiger partial charge in [-0.1, -0.05) is 31.5 Å². The van der Waals surface area contributed by atoms with E-state index in [9.17, 15) is 0 Å². The van der Waals surface area contributed by atoms with Crippen molar-refractivity contribution in [3.63, 3.8) is 0 Å². The molecule has 1 aromatic carbocycles. The Balaban J connectivity index is 3.06. The maximum atomic E-state index is 8.53. The standard InChI is InChI=1S/C12H14ClNS/c1-3-9-5-6-11(15-8-7-14)12(13)10(9)4-2/h5-6H,3-4,8H2,1-2H3. The Kier molecular flexibility index (Phi) is 5.01. The van der Waals surface area contributed by atoms with Crippen molar-refractivity contribution in [3.8, 4) is 6.07 Å². The summed E-state index contributed by atoms with van der Waals surface area (Å²) in [5.74, 6) is 0.453. The molecule has 0 bridgehead atoms. The van der Waals surface area contributed by atoms with Crippen LogP contribution in [-0.4, -0.2) is 5.75 Å². The molecule has 1 rings (SSSR count). The second kappa shape index (κ2) is 6.05. The molecule has 1 nitrogen and oxygen atoms in total. The zero-order chi connectivity index (χ0) is 11.3. The molecule has 1 aromatic rings. The van der Waals surface area contributed by atoms with Gasteiger partial charge < -0.3 is 0 Å². The molecule has 0 spiro atoms. The molecule has 0 saturated heterocycles. The molecular weight excluding hydrogens is 226 g/mol. The minimum absolute atomic E-state index is 0.453. The molecular formula is C12H14ClNS. The first-order chi connectivity index (χ1) is 7.24. The lowest BCUT2D eigenvalue weighted by atomic mass is 10.0. The van der Waals surface area contributed by atoms with Crippen LogP contribution in [0.3, 0.4) is 0 Å². The van der Waals surface area contributed by atoms with Crippen molar-refractivity contribution in [2.75, 3.05) is 5.75 Å². The molecule has 0 unspecified atom stereocenters. The van der Waals surface area contributed by atoms with E-state index in [4.69, 9.17) is 16.9 Å². The summed E-state index contributed by atoms with van der Waals surface area (Å²) in [6.07, 6.45) is 1.95. The quantitative estimate of drug-likeness (QED) is 0.740. The number of aryl methyl sites for hydroxylation is 1. The van der Waals surface area contributed by atoms with E-state index in [1.165, 1.54) is 22.9 Å². The third-order valence-corrected chi connectivity index (χ3v) is 3.80. The summed E-state index contributed by atoms with van der Waals surface area (Å²) >= 11 is 7.80. The van der Waals surface area contributed by atoms with Gasteiger partial charge in [-0.3, -0.25) is 0 Å². The first-order valence-corrected chi connectivity index (χ1v) is 6.40. The number of halogens is 1. The van der Waals surface area contributed by atoms with Gasteiger partial charge >= 0.3 is 0 Å². The van der Waals surface area contributed by atoms with Gasteiger partial charge in [-0.15, -0.1) is 11.8 Å². The number of hydrogen-bond acceptors (Lipinski definition) is 2. The Hall–Kier alpha value is -0.650. The number of rotatable bonds is 4. The third kappa shape index (κ3) is 2.90. The molecule has 0 saturated carbocycles. The Morgan fingerprint density at radius 1 is 1.33 bits per heavy atom. The number of nitrogens with zero attached hydrogens (tertiary/aromatic N) is 1. The average Bonchev–Trinajstić information content (AvgIpc) is 2.27.